The maximum absolute atomic E-state index is 10.6. The Morgan fingerprint density at radius 3 is 2.80 bits per heavy atom. The molecule has 0 amide bonds. The number of rotatable bonds is 4. The Kier molecular flexibility index (Phi) is 5.67. The number of hydrogen-bond acceptors (Lipinski definition) is 4. The van der Waals surface area contributed by atoms with Crippen molar-refractivity contribution in [3.05, 3.63) is 0 Å². The van der Waals surface area contributed by atoms with Gasteiger partial charge in [-0.1, -0.05) is 18.7 Å². The third kappa shape index (κ3) is 4.78. The molecule has 1 atom stereocenters. The van der Waals surface area contributed by atoms with Gasteiger partial charge in [0.05, 0.1) is 6.61 Å². The first-order valence-electron chi connectivity index (χ1n) is 3.00. The van der Waals surface area contributed by atoms with Gasteiger partial charge in [0, 0.05) is 12.4 Å². The standard InChI is InChI=1S/C6H12O3S/c1-5(4-9-2)10-6(8)3-7/h5,7H,3-4H2,1-2H3. The molecular weight excluding hydrogens is 152 g/mol. The average molecular weight is 164 g/mol. The van der Waals surface area contributed by atoms with E-state index in [0.717, 1.165) is 11.8 Å². The molecule has 0 aromatic heterocycles. The van der Waals surface area contributed by atoms with Crippen LogP contribution in [-0.2, 0) is 9.53 Å². The number of methoxy groups -OCH3 is 1. The lowest BCUT2D eigenvalue weighted by Gasteiger charge is -2.06. The number of carbonyl (C=O) groups is 1. The Labute approximate surface area is 64.8 Å². The Bertz CT molecular complexity index is 105. The summed E-state index contributed by atoms with van der Waals surface area (Å²) in [7, 11) is 1.58. The van der Waals surface area contributed by atoms with Gasteiger partial charge in [0.25, 0.3) is 0 Å². The van der Waals surface area contributed by atoms with E-state index in [1.807, 2.05) is 6.92 Å². The normalized spacial score (nSPS) is 13.1. The van der Waals surface area contributed by atoms with Crippen molar-refractivity contribution in [1.29, 1.82) is 0 Å². The summed E-state index contributed by atoms with van der Waals surface area (Å²) in [6.45, 7) is 2.02. The quantitative estimate of drug-likeness (QED) is 0.648. The topological polar surface area (TPSA) is 46.5 Å². The molecule has 0 radical (unpaired) electrons. The first kappa shape index (κ1) is 9.94. The van der Waals surface area contributed by atoms with Crippen molar-refractivity contribution in [3.63, 3.8) is 0 Å². The summed E-state index contributed by atoms with van der Waals surface area (Å²) < 4.78 is 4.79. The minimum Gasteiger partial charge on any atom is -0.388 e. The summed E-state index contributed by atoms with van der Waals surface area (Å²) in [6, 6.07) is 0. The van der Waals surface area contributed by atoms with Crippen molar-refractivity contribution >= 4 is 16.9 Å². The highest BCUT2D eigenvalue weighted by Gasteiger charge is 2.07. The third-order valence-corrected chi connectivity index (χ3v) is 1.79. The second kappa shape index (κ2) is 5.70. The number of carbonyl (C=O) groups excluding carboxylic acids is 1. The molecule has 0 aliphatic carbocycles. The van der Waals surface area contributed by atoms with Gasteiger partial charge >= 0.3 is 0 Å². The number of thioether (sulfide) groups is 1. The zero-order chi connectivity index (χ0) is 7.98. The van der Waals surface area contributed by atoms with Gasteiger partial charge in [-0.25, -0.2) is 0 Å². The summed E-state index contributed by atoms with van der Waals surface area (Å²) in [6.07, 6.45) is 0. The van der Waals surface area contributed by atoms with E-state index in [1.54, 1.807) is 7.11 Å². The monoisotopic (exact) mass is 164 g/mol. The van der Waals surface area contributed by atoms with Crippen molar-refractivity contribution in [2.24, 2.45) is 0 Å². The van der Waals surface area contributed by atoms with E-state index in [4.69, 9.17) is 9.84 Å². The minimum atomic E-state index is -0.390. The van der Waals surface area contributed by atoms with E-state index in [2.05, 4.69) is 0 Å². The van der Waals surface area contributed by atoms with Crippen LogP contribution in [0.15, 0.2) is 0 Å². The highest BCUT2D eigenvalue weighted by Crippen LogP contribution is 2.10. The predicted molar refractivity (Wildman–Crippen MR) is 41.0 cm³/mol. The summed E-state index contributed by atoms with van der Waals surface area (Å²) in [5, 5.41) is 8.27. The number of hydrogen-bond donors (Lipinski definition) is 1. The van der Waals surface area contributed by atoms with Crippen LogP contribution in [0.4, 0.5) is 0 Å². The van der Waals surface area contributed by atoms with Gasteiger partial charge in [0.2, 0.25) is 5.12 Å². The summed E-state index contributed by atoms with van der Waals surface area (Å²) >= 11 is 1.11. The molecule has 1 unspecified atom stereocenters. The van der Waals surface area contributed by atoms with E-state index < -0.39 is 6.61 Å². The first-order chi connectivity index (χ1) is 4.70. The van der Waals surface area contributed by atoms with Gasteiger partial charge in [-0.2, -0.15) is 0 Å². The van der Waals surface area contributed by atoms with Gasteiger partial charge < -0.3 is 9.84 Å². The zero-order valence-corrected chi connectivity index (χ0v) is 6.98. The fourth-order valence-electron chi connectivity index (χ4n) is 0.530. The molecule has 1 N–H and O–H groups in total. The van der Waals surface area contributed by atoms with Crippen LogP contribution >= 0.6 is 11.8 Å². The van der Waals surface area contributed by atoms with Crippen LogP contribution < -0.4 is 0 Å². The fourth-order valence-corrected chi connectivity index (χ4v) is 1.26. The average Bonchev–Trinajstić information content (AvgIpc) is 1.88. The molecule has 0 saturated heterocycles. The zero-order valence-electron chi connectivity index (χ0n) is 6.16. The van der Waals surface area contributed by atoms with E-state index in [9.17, 15) is 4.79 Å². The molecule has 0 fully saturated rings. The number of ether oxygens (including phenoxy) is 1. The molecule has 0 saturated carbocycles. The molecule has 60 valence electrons. The van der Waals surface area contributed by atoms with Crippen molar-refractivity contribution < 1.29 is 14.6 Å². The van der Waals surface area contributed by atoms with Crippen molar-refractivity contribution in [2.75, 3.05) is 20.3 Å². The van der Waals surface area contributed by atoms with Gasteiger partial charge in [0.1, 0.15) is 6.61 Å². The van der Waals surface area contributed by atoms with Crippen LogP contribution in [0.5, 0.6) is 0 Å². The van der Waals surface area contributed by atoms with Crippen LogP contribution in [0.3, 0.4) is 0 Å². The van der Waals surface area contributed by atoms with Crippen molar-refractivity contribution in [2.45, 2.75) is 12.2 Å². The Balaban J connectivity index is 3.37. The lowest BCUT2D eigenvalue weighted by Crippen LogP contribution is -2.10. The second-order valence-corrected chi connectivity index (χ2v) is 3.41. The van der Waals surface area contributed by atoms with Crippen LogP contribution in [-0.4, -0.2) is 35.8 Å². The molecule has 4 heteroatoms. The summed E-state index contributed by atoms with van der Waals surface area (Å²) in [5.41, 5.74) is 0. The molecule has 3 nitrogen and oxygen atoms in total. The number of aliphatic hydroxyl groups excluding tert-OH is 1. The highest BCUT2D eigenvalue weighted by atomic mass is 32.2. The molecule has 0 aliphatic rings. The van der Waals surface area contributed by atoms with E-state index in [0.29, 0.717) is 6.61 Å². The van der Waals surface area contributed by atoms with Crippen LogP contribution in [0.25, 0.3) is 0 Å². The SMILES string of the molecule is COCC(C)SC(=O)CO. The highest BCUT2D eigenvalue weighted by molar-refractivity contribution is 8.14. The van der Waals surface area contributed by atoms with Gasteiger partial charge in [-0.3, -0.25) is 4.79 Å². The molecule has 0 aliphatic heterocycles. The summed E-state index contributed by atoms with van der Waals surface area (Å²) in [5.74, 6) is 0. The van der Waals surface area contributed by atoms with E-state index >= 15 is 0 Å². The van der Waals surface area contributed by atoms with Crippen LogP contribution in [0.1, 0.15) is 6.92 Å². The molecule has 10 heavy (non-hydrogen) atoms. The lowest BCUT2D eigenvalue weighted by molar-refractivity contribution is -0.113. The third-order valence-electron chi connectivity index (χ3n) is 0.863. The molecule has 0 heterocycles. The smallest absolute Gasteiger partial charge is 0.214 e. The van der Waals surface area contributed by atoms with Gasteiger partial charge in [-0.05, 0) is 0 Å². The minimum absolute atomic E-state index is 0.129. The molecular formula is C6H12O3S. The van der Waals surface area contributed by atoms with Crippen LogP contribution in [0, 0.1) is 0 Å². The maximum atomic E-state index is 10.6. The Morgan fingerprint density at radius 2 is 2.40 bits per heavy atom. The van der Waals surface area contributed by atoms with Crippen molar-refractivity contribution in [1.82, 2.24) is 0 Å². The van der Waals surface area contributed by atoms with E-state index in [1.165, 1.54) is 0 Å². The molecule has 0 aromatic rings. The Morgan fingerprint density at radius 1 is 1.80 bits per heavy atom. The molecule has 0 rings (SSSR count). The molecule has 0 aromatic carbocycles. The lowest BCUT2D eigenvalue weighted by atomic mass is 10.5. The Hall–Kier alpha value is -0.0600. The predicted octanol–water partition coefficient (Wildman–Crippen LogP) is 0.273. The van der Waals surface area contributed by atoms with E-state index in [-0.39, 0.29) is 10.4 Å². The fraction of sp³-hybridized carbons (Fsp3) is 0.833. The largest absolute Gasteiger partial charge is 0.388 e. The van der Waals surface area contributed by atoms with Gasteiger partial charge in [0.15, 0.2) is 0 Å². The van der Waals surface area contributed by atoms with Gasteiger partial charge in [-0.15, -0.1) is 0 Å². The maximum Gasteiger partial charge on any atom is 0.214 e. The first-order valence-corrected chi connectivity index (χ1v) is 3.88. The summed E-state index contributed by atoms with van der Waals surface area (Å²) in [4.78, 5) is 10.6. The number of aliphatic hydroxyl groups is 1. The molecule has 0 spiro atoms. The molecule has 0 bridgehead atoms. The van der Waals surface area contributed by atoms with Crippen LogP contribution in [0.2, 0.25) is 0 Å². The second-order valence-electron chi connectivity index (χ2n) is 1.91. The van der Waals surface area contributed by atoms with Crippen molar-refractivity contribution in [3.8, 4) is 0 Å².